The molecule has 3 N–H and O–H groups in total. The summed E-state index contributed by atoms with van der Waals surface area (Å²) in [6, 6.07) is 0.0902. The Hall–Kier alpha value is -1.36. The fourth-order valence-corrected chi connectivity index (χ4v) is 2.87. The van der Waals surface area contributed by atoms with Crippen molar-refractivity contribution >= 4 is 5.91 Å². The van der Waals surface area contributed by atoms with Gasteiger partial charge in [0.1, 0.15) is 0 Å². The van der Waals surface area contributed by atoms with E-state index < -0.39 is 0 Å². The minimum Gasteiger partial charge on any atom is -0.348 e. The van der Waals surface area contributed by atoms with E-state index in [1.807, 2.05) is 14.0 Å². The van der Waals surface area contributed by atoms with Gasteiger partial charge in [-0.15, -0.1) is 0 Å². The average molecular weight is 264 g/mol. The minimum atomic E-state index is -0.0494. The molecule has 5 nitrogen and oxygen atoms in total. The van der Waals surface area contributed by atoms with Crippen LogP contribution in [0.1, 0.15) is 48.2 Å². The van der Waals surface area contributed by atoms with Crippen molar-refractivity contribution in [2.75, 3.05) is 6.54 Å². The summed E-state index contributed by atoms with van der Waals surface area (Å²) in [5.74, 6) is 0.478. The van der Waals surface area contributed by atoms with E-state index in [9.17, 15) is 4.79 Å². The molecule has 5 heteroatoms. The van der Waals surface area contributed by atoms with E-state index in [-0.39, 0.29) is 11.9 Å². The third-order valence-corrected chi connectivity index (χ3v) is 4.27. The molecule has 1 aliphatic carbocycles. The van der Waals surface area contributed by atoms with Gasteiger partial charge in [0.05, 0.1) is 11.8 Å². The maximum Gasteiger partial charge on any atom is 0.255 e. The second-order valence-electron chi connectivity index (χ2n) is 5.48. The van der Waals surface area contributed by atoms with Gasteiger partial charge in [-0.05, 0) is 25.7 Å². The topological polar surface area (TPSA) is 72.9 Å². The maximum absolute atomic E-state index is 12.3. The number of rotatable bonds is 4. The zero-order valence-corrected chi connectivity index (χ0v) is 11.9. The molecular formula is C14H24N4O. The molecule has 1 atom stereocenters. The number of amides is 1. The van der Waals surface area contributed by atoms with E-state index in [4.69, 9.17) is 5.73 Å². The van der Waals surface area contributed by atoms with Gasteiger partial charge in [0.2, 0.25) is 0 Å². The van der Waals surface area contributed by atoms with Gasteiger partial charge in [0.15, 0.2) is 0 Å². The van der Waals surface area contributed by atoms with E-state index in [2.05, 4.69) is 10.4 Å². The highest BCUT2D eigenvalue weighted by molar-refractivity contribution is 5.95. The fraction of sp³-hybridized carbons (Fsp3) is 0.714. The molecule has 1 aromatic heterocycles. The SMILES string of the molecule is Cc1c(C(=O)NC(CN)C2CCCCC2)cnn1C. The van der Waals surface area contributed by atoms with E-state index in [0.29, 0.717) is 18.0 Å². The number of nitrogens with one attached hydrogen (secondary N) is 1. The van der Waals surface area contributed by atoms with Crippen LogP contribution in [0.15, 0.2) is 6.20 Å². The third kappa shape index (κ3) is 3.15. The van der Waals surface area contributed by atoms with Crippen molar-refractivity contribution in [3.63, 3.8) is 0 Å². The molecule has 1 unspecified atom stereocenters. The Labute approximate surface area is 114 Å². The second-order valence-corrected chi connectivity index (χ2v) is 5.48. The first-order valence-electron chi connectivity index (χ1n) is 7.13. The molecule has 0 bridgehead atoms. The molecule has 1 saturated carbocycles. The van der Waals surface area contributed by atoms with Crippen LogP contribution in [0, 0.1) is 12.8 Å². The molecule has 1 amide bonds. The Balaban J connectivity index is 2.01. The summed E-state index contributed by atoms with van der Waals surface area (Å²) in [6.07, 6.45) is 7.79. The van der Waals surface area contributed by atoms with Crippen LogP contribution in [-0.4, -0.2) is 28.3 Å². The summed E-state index contributed by atoms with van der Waals surface area (Å²) in [7, 11) is 1.84. The predicted octanol–water partition coefficient (Wildman–Crippen LogP) is 1.37. The van der Waals surface area contributed by atoms with Gasteiger partial charge in [-0.3, -0.25) is 9.48 Å². The first-order valence-corrected chi connectivity index (χ1v) is 7.13. The lowest BCUT2D eigenvalue weighted by atomic mass is 9.84. The molecule has 0 aliphatic heterocycles. The molecule has 1 aliphatic rings. The van der Waals surface area contributed by atoms with Crippen LogP contribution in [-0.2, 0) is 7.05 Å². The molecule has 0 saturated heterocycles. The first-order chi connectivity index (χ1) is 9.13. The molecule has 0 radical (unpaired) electrons. The number of carbonyl (C=O) groups is 1. The van der Waals surface area contributed by atoms with Crippen molar-refractivity contribution in [2.45, 2.75) is 45.1 Å². The van der Waals surface area contributed by atoms with Crippen molar-refractivity contribution in [3.05, 3.63) is 17.5 Å². The molecule has 1 fully saturated rings. The molecule has 2 rings (SSSR count). The first kappa shape index (κ1) is 14.1. The second kappa shape index (κ2) is 6.19. The highest BCUT2D eigenvalue weighted by atomic mass is 16.1. The molecule has 19 heavy (non-hydrogen) atoms. The summed E-state index contributed by atoms with van der Waals surface area (Å²) in [6.45, 7) is 2.41. The van der Waals surface area contributed by atoms with Gasteiger partial charge < -0.3 is 11.1 Å². The monoisotopic (exact) mass is 264 g/mol. The van der Waals surface area contributed by atoms with Gasteiger partial charge in [0.25, 0.3) is 5.91 Å². The molecule has 0 spiro atoms. The predicted molar refractivity (Wildman–Crippen MR) is 74.8 cm³/mol. The highest BCUT2D eigenvalue weighted by Gasteiger charge is 2.25. The molecule has 1 aromatic rings. The van der Waals surface area contributed by atoms with E-state index in [0.717, 1.165) is 5.69 Å². The van der Waals surface area contributed by atoms with Crippen molar-refractivity contribution in [3.8, 4) is 0 Å². The number of hydrogen-bond acceptors (Lipinski definition) is 3. The lowest BCUT2D eigenvalue weighted by Crippen LogP contribution is -2.46. The summed E-state index contributed by atoms with van der Waals surface area (Å²) in [4.78, 5) is 12.3. The number of hydrogen-bond donors (Lipinski definition) is 2. The van der Waals surface area contributed by atoms with Crippen LogP contribution in [0.4, 0.5) is 0 Å². The molecule has 1 heterocycles. The number of nitrogens with zero attached hydrogens (tertiary/aromatic N) is 2. The van der Waals surface area contributed by atoms with Gasteiger partial charge in [-0.25, -0.2) is 0 Å². The van der Waals surface area contributed by atoms with Gasteiger partial charge >= 0.3 is 0 Å². The van der Waals surface area contributed by atoms with E-state index >= 15 is 0 Å². The molecular weight excluding hydrogens is 240 g/mol. The summed E-state index contributed by atoms with van der Waals surface area (Å²) in [5.41, 5.74) is 7.37. The van der Waals surface area contributed by atoms with Crippen LogP contribution in [0.5, 0.6) is 0 Å². The molecule has 106 valence electrons. The molecule has 0 aromatic carbocycles. The van der Waals surface area contributed by atoms with Gasteiger partial charge in [0, 0.05) is 25.3 Å². The highest BCUT2D eigenvalue weighted by Crippen LogP contribution is 2.26. The van der Waals surface area contributed by atoms with Crippen LogP contribution < -0.4 is 11.1 Å². The standard InChI is InChI=1S/C14H24N4O/c1-10-12(9-16-18(10)2)14(19)17-13(8-15)11-6-4-3-5-7-11/h9,11,13H,3-8,15H2,1-2H3,(H,17,19). The minimum absolute atomic E-state index is 0.0494. The van der Waals surface area contributed by atoms with Crippen molar-refractivity contribution in [2.24, 2.45) is 18.7 Å². The zero-order chi connectivity index (χ0) is 13.8. The summed E-state index contributed by atoms with van der Waals surface area (Å²) in [5, 5.41) is 7.20. The Morgan fingerprint density at radius 1 is 1.53 bits per heavy atom. The number of aryl methyl sites for hydroxylation is 1. The Morgan fingerprint density at radius 2 is 2.21 bits per heavy atom. The van der Waals surface area contributed by atoms with Crippen LogP contribution >= 0.6 is 0 Å². The normalized spacial score (nSPS) is 18.3. The Morgan fingerprint density at radius 3 is 2.74 bits per heavy atom. The van der Waals surface area contributed by atoms with E-state index in [1.54, 1.807) is 10.9 Å². The quantitative estimate of drug-likeness (QED) is 0.862. The lowest BCUT2D eigenvalue weighted by Gasteiger charge is -2.30. The largest absolute Gasteiger partial charge is 0.348 e. The summed E-state index contributed by atoms with van der Waals surface area (Å²) >= 11 is 0. The summed E-state index contributed by atoms with van der Waals surface area (Å²) < 4.78 is 1.72. The van der Waals surface area contributed by atoms with Crippen molar-refractivity contribution in [1.29, 1.82) is 0 Å². The van der Waals surface area contributed by atoms with Crippen molar-refractivity contribution in [1.82, 2.24) is 15.1 Å². The van der Waals surface area contributed by atoms with Crippen LogP contribution in [0.2, 0.25) is 0 Å². The number of aromatic nitrogens is 2. The fourth-order valence-electron chi connectivity index (χ4n) is 2.87. The van der Waals surface area contributed by atoms with Crippen molar-refractivity contribution < 1.29 is 4.79 Å². The lowest BCUT2D eigenvalue weighted by molar-refractivity contribution is 0.0915. The smallest absolute Gasteiger partial charge is 0.255 e. The zero-order valence-electron chi connectivity index (χ0n) is 11.9. The Bertz CT molecular complexity index is 435. The third-order valence-electron chi connectivity index (χ3n) is 4.27. The van der Waals surface area contributed by atoms with Crippen LogP contribution in [0.25, 0.3) is 0 Å². The number of carbonyl (C=O) groups excluding carboxylic acids is 1. The van der Waals surface area contributed by atoms with Crippen LogP contribution in [0.3, 0.4) is 0 Å². The number of nitrogens with two attached hydrogens (primary N) is 1. The Kier molecular flexibility index (Phi) is 4.58. The average Bonchev–Trinajstić information content (AvgIpc) is 2.77. The van der Waals surface area contributed by atoms with Gasteiger partial charge in [-0.1, -0.05) is 19.3 Å². The maximum atomic E-state index is 12.3. The van der Waals surface area contributed by atoms with Gasteiger partial charge in [-0.2, -0.15) is 5.10 Å². The van der Waals surface area contributed by atoms with E-state index in [1.165, 1.54) is 32.1 Å².